The molecular formula is C15H10ClF3O2. The molecule has 6 heteroatoms. The molecule has 0 aliphatic carbocycles. The molecule has 0 unspecified atom stereocenters. The fourth-order valence-corrected chi connectivity index (χ4v) is 2.20. The van der Waals surface area contributed by atoms with Crippen molar-refractivity contribution < 1.29 is 22.7 Å². The van der Waals surface area contributed by atoms with Crippen LogP contribution in [0.4, 0.5) is 13.2 Å². The highest BCUT2D eigenvalue weighted by Crippen LogP contribution is 2.29. The van der Waals surface area contributed by atoms with E-state index < -0.39 is 11.6 Å². The molecule has 0 amide bonds. The van der Waals surface area contributed by atoms with Gasteiger partial charge in [-0.3, -0.25) is 4.79 Å². The summed E-state index contributed by atoms with van der Waals surface area (Å²) in [6, 6.07) is 10.4. The van der Waals surface area contributed by atoms with Gasteiger partial charge in [-0.1, -0.05) is 24.3 Å². The van der Waals surface area contributed by atoms with Crippen LogP contribution in [-0.4, -0.2) is 11.6 Å². The number of alkyl halides is 3. The van der Waals surface area contributed by atoms with Gasteiger partial charge in [-0.25, -0.2) is 0 Å². The van der Waals surface area contributed by atoms with Crippen LogP contribution in [0.1, 0.15) is 15.9 Å². The highest BCUT2D eigenvalue weighted by atomic mass is 35.5. The summed E-state index contributed by atoms with van der Waals surface area (Å²) in [6.07, 6.45) is -4.72. The summed E-state index contributed by atoms with van der Waals surface area (Å²) in [6.45, 7) is 1.73. The summed E-state index contributed by atoms with van der Waals surface area (Å²) in [5.41, 5.74) is 2.42. The smallest absolute Gasteiger partial charge is 0.406 e. The van der Waals surface area contributed by atoms with E-state index in [0.29, 0.717) is 16.7 Å². The molecule has 0 aromatic heterocycles. The Hall–Kier alpha value is -2.01. The number of benzene rings is 2. The van der Waals surface area contributed by atoms with Crippen LogP contribution < -0.4 is 4.74 Å². The maximum absolute atomic E-state index is 12.1. The molecule has 0 N–H and O–H groups in total. The third kappa shape index (κ3) is 3.76. The lowest BCUT2D eigenvalue weighted by atomic mass is 9.97. The number of carbonyl (C=O) groups is 1. The molecule has 0 fully saturated rings. The molecule has 110 valence electrons. The minimum Gasteiger partial charge on any atom is -0.406 e. The summed E-state index contributed by atoms with van der Waals surface area (Å²) < 4.78 is 40.1. The van der Waals surface area contributed by atoms with Crippen LogP contribution >= 0.6 is 11.6 Å². The van der Waals surface area contributed by atoms with Crippen LogP contribution in [-0.2, 0) is 0 Å². The Kier molecular flexibility index (Phi) is 4.23. The second-order valence-electron chi connectivity index (χ2n) is 4.32. The topological polar surface area (TPSA) is 26.3 Å². The van der Waals surface area contributed by atoms with Crippen LogP contribution in [0.5, 0.6) is 5.75 Å². The van der Waals surface area contributed by atoms with E-state index >= 15 is 0 Å². The lowest BCUT2D eigenvalue weighted by Gasteiger charge is -2.11. The third-order valence-electron chi connectivity index (χ3n) is 2.94. The summed E-state index contributed by atoms with van der Waals surface area (Å²) in [4.78, 5) is 11.3. The highest BCUT2D eigenvalue weighted by molar-refractivity contribution is 6.68. The Balaban J connectivity index is 2.35. The van der Waals surface area contributed by atoms with E-state index in [1.54, 1.807) is 25.1 Å². The molecule has 0 heterocycles. The van der Waals surface area contributed by atoms with Crippen molar-refractivity contribution in [3.8, 4) is 16.9 Å². The first-order chi connectivity index (χ1) is 9.78. The molecule has 2 aromatic carbocycles. The van der Waals surface area contributed by atoms with Crippen molar-refractivity contribution in [1.82, 2.24) is 0 Å². The normalized spacial score (nSPS) is 11.3. The molecule has 21 heavy (non-hydrogen) atoms. The molecule has 2 aromatic rings. The van der Waals surface area contributed by atoms with Crippen LogP contribution in [0.15, 0.2) is 42.5 Å². The second kappa shape index (κ2) is 5.77. The average Bonchev–Trinajstić information content (AvgIpc) is 2.38. The van der Waals surface area contributed by atoms with Gasteiger partial charge in [0, 0.05) is 5.56 Å². The Morgan fingerprint density at radius 1 is 1.10 bits per heavy atom. The van der Waals surface area contributed by atoms with Gasteiger partial charge in [0.25, 0.3) is 5.24 Å². The molecule has 0 saturated heterocycles. The number of hydrogen-bond donors (Lipinski definition) is 0. The summed E-state index contributed by atoms with van der Waals surface area (Å²) in [5.74, 6) is -0.298. The predicted molar refractivity (Wildman–Crippen MR) is 73.5 cm³/mol. The first-order valence-electron chi connectivity index (χ1n) is 5.93. The Bertz CT molecular complexity index is 664. The molecule has 0 aliphatic heterocycles. The molecule has 0 radical (unpaired) electrons. The average molecular weight is 315 g/mol. The van der Waals surface area contributed by atoms with Crippen molar-refractivity contribution in [3.63, 3.8) is 0 Å². The fraction of sp³-hybridized carbons (Fsp3) is 0.133. The molecule has 0 saturated carbocycles. The molecule has 2 rings (SSSR count). The lowest BCUT2D eigenvalue weighted by Crippen LogP contribution is -2.16. The van der Waals surface area contributed by atoms with Crippen molar-refractivity contribution in [1.29, 1.82) is 0 Å². The quantitative estimate of drug-likeness (QED) is 0.750. The first kappa shape index (κ1) is 15.4. The lowest BCUT2D eigenvalue weighted by molar-refractivity contribution is -0.274. The van der Waals surface area contributed by atoms with Crippen molar-refractivity contribution in [2.45, 2.75) is 13.3 Å². The molecule has 0 atom stereocenters. The zero-order valence-corrected chi connectivity index (χ0v) is 11.6. The van der Waals surface area contributed by atoms with E-state index in [2.05, 4.69) is 4.74 Å². The monoisotopic (exact) mass is 314 g/mol. The largest absolute Gasteiger partial charge is 0.573 e. The van der Waals surface area contributed by atoms with Crippen molar-refractivity contribution in [3.05, 3.63) is 53.6 Å². The summed E-state index contributed by atoms with van der Waals surface area (Å²) in [7, 11) is 0. The van der Waals surface area contributed by atoms with Crippen molar-refractivity contribution in [2.24, 2.45) is 0 Å². The third-order valence-corrected chi connectivity index (χ3v) is 3.15. The molecule has 0 aliphatic rings. The van der Waals surface area contributed by atoms with E-state index in [1.807, 2.05) is 0 Å². The fourth-order valence-electron chi connectivity index (χ4n) is 2.00. The zero-order chi connectivity index (χ0) is 15.6. The van der Waals surface area contributed by atoms with E-state index in [9.17, 15) is 18.0 Å². The number of hydrogen-bond acceptors (Lipinski definition) is 2. The van der Waals surface area contributed by atoms with Gasteiger partial charge in [0.05, 0.1) is 0 Å². The molecule has 0 bridgehead atoms. The van der Waals surface area contributed by atoms with Gasteiger partial charge in [-0.05, 0) is 53.4 Å². The Morgan fingerprint density at radius 2 is 1.71 bits per heavy atom. The SMILES string of the molecule is Cc1c(C(=O)Cl)cccc1-c1ccc(OC(F)(F)F)cc1. The van der Waals surface area contributed by atoms with Gasteiger partial charge in [-0.2, -0.15) is 0 Å². The number of rotatable bonds is 3. The van der Waals surface area contributed by atoms with E-state index in [1.165, 1.54) is 24.3 Å². The van der Waals surface area contributed by atoms with Crippen molar-refractivity contribution >= 4 is 16.8 Å². The number of ether oxygens (including phenoxy) is 1. The zero-order valence-electron chi connectivity index (χ0n) is 10.9. The molecule has 0 spiro atoms. The van der Waals surface area contributed by atoms with E-state index in [4.69, 9.17) is 11.6 Å². The van der Waals surface area contributed by atoms with E-state index in [0.717, 1.165) is 5.56 Å². The Morgan fingerprint density at radius 3 is 2.24 bits per heavy atom. The van der Waals surface area contributed by atoms with Gasteiger partial charge in [0.2, 0.25) is 0 Å². The highest BCUT2D eigenvalue weighted by Gasteiger charge is 2.30. The van der Waals surface area contributed by atoms with E-state index in [-0.39, 0.29) is 5.75 Å². The minimum absolute atomic E-state index is 0.298. The molecular weight excluding hydrogens is 305 g/mol. The van der Waals surface area contributed by atoms with Gasteiger partial charge in [-0.15, -0.1) is 13.2 Å². The van der Waals surface area contributed by atoms with Crippen LogP contribution in [0.2, 0.25) is 0 Å². The van der Waals surface area contributed by atoms with Crippen molar-refractivity contribution in [2.75, 3.05) is 0 Å². The number of halogens is 4. The maximum atomic E-state index is 12.1. The second-order valence-corrected chi connectivity index (χ2v) is 4.67. The van der Waals surface area contributed by atoms with Crippen LogP contribution in [0, 0.1) is 6.92 Å². The van der Waals surface area contributed by atoms with Crippen LogP contribution in [0.3, 0.4) is 0 Å². The maximum Gasteiger partial charge on any atom is 0.573 e. The van der Waals surface area contributed by atoms with Gasteiger partial charge >= 0.3 is 6.36 Å². The van der Waals surface area contributed by atoms with Crippen LogP contribution in [0.25, 0.3) is 11.1 Å². The van der Waals surface area contributed by atoms with Gasteiger partial charge in [0.15, 0.2) is 0 Å². The van der Waals surface area contributed by atoms with Gasteiger partial charge < -0.3 is 4.74 Å². The first-order valence-corrected chi connectivity index (χ1v) is 6.31. The standard InChI is InChI=1S/C15H10ClF3O2/c1-9-12(3-2-4-13(9)14(16)20)10-5-7-11(8-6-10)21-15(17,18)19/h2-8H,1H3. The number of carbonyl (C=O) groups excluding carboxylic acids is 1. The predicted octanol–water partition coefficient (Wildman–Crippen LogP) is 4.94. The summed E-state index contributed by atoms with van der Waals surface area (Å²) in [5, 5.41) is -0.577. The summed E-state index contributed by atoms with van der Waals surface area (Å²) >= 11 is 5.48. The molecule has 2 nitrogen and oxygen atoms in total. The Labute approximate surface area is 124 Å². The van der Waals surface area contributed by atoms with Gasteiger partial charge in [0.1, 0.15) is 5.75 Å². The minimum atomic E-state index is -4.72.